The molecule has 2 N–H and O–H groups in total. The van der Waals surface area contributed by atoms with Gasteiger partial charge in [0.1, 0.15) is 0 Å². The van der Waals surface area contributed by atoms with Crippen molar-refractivity contribution < 1.29 is 14.3 Å². The number of aromatic amines is 1. The lowest BCUT2D eigenvalue weighted by Crippen LogP contribution is -2.51. The topological polar surface area (TPSA) is 87.3 Å². The number of anilines is 1. The van der Waals surface area contributed by atoms with Crippen LogP contribution in [-0.2, 0) is 26.4 Å². The molecule has 2 aliphatic rings. The zero-order chi connectivity index (χ0) is 25.4. The summed E-state index contributed by atoms with van der Waals surface area (Å²) in [4.78, 5) is 29.2. The molecule has 1 saturated carbocycles. The lowest BCUT2D eigenvalue weighted by molar-refractivity contribution is -0.150. The number of hydrogen-bond donors (Lipinski definition) is 2. The fraction of sp³-hybridized carbons (Fsp3) is 0.593. The Kier molecular flexibility index (Phi) is 7.08. The lowest BCUT2D eigenvalue weighted by atomic mass is 9.83. The van der Waals surface area contributed by atoms with E-state index in [1.165, 1.54) is 0 Å². The summed E-state index contributed by atoms with van der Waals surface area (Å²) in [7, 11) is -1.08. The average molecular weight is 501 g/mol. The Morgan fingerprint density at radius 1 is 1.20 bits per heavy atom. The van der Waals surface area contributed by atoms with Crippen LogP contribution in [0.25, 0.3) is 0 Å². The predicted octanol–water partition coefficient (Wildman–Crippen LogP) is 5.10. The second-order valence-electron chi connectivity index (χ2n) is 11.1. The van der Waals surface area contributed by atoms with Gasteiger partial charge in [-0.25, -0.2) is 10.0 Å². The molecule has 0 saturated heterocycles. The number of ether oxygens (including phenoxy) is 1. The molecule has 1 atom stereocenters. The van der Waals surface area contributed by atoms with Crippen LogP contribution in [0.3, 0.4) is 0 Å². The number of nitrogens with one attached hydrogen (secondary N) is 2. The fourth-order valence-corrected chi connectivity index (χ4v) is 7.36. The third-order valence-electron chi connectivity index (χ3n) is 7.82. The maximum absolute atomic E-state index is 13.9. The fourth-order valence-electron chi connectivity index (χ4n) is 5.23. The maximum Gasteiger partial charge on any atom is 0.257 e. The van der Waals surface area contributed by atoms with Crippen molar-refractivity contribution in [3.8, 4) is 0 Å². The number of benzene rings is 1. The van der Waals surface area contributed by atoms with Crippen LogP contribution in [0.2, 0.25) is 0 Å². The van der Waals surface area contributed by atoms with Crippen molar-refractivity contribution >= 4 is 27.7 Å². The summed E-state index contributed by atoms with van der Waals surface area (Å²) in [6, 6.07) is 9.69. The van der Waals surface area contributed by atoms with Gasteiger partial charge in [-0.2, -0.15) is 5.10 Å². The van der Waals surface area contributed by atoms with E-state index in [-0.39, 0.29) is 16.6 Å². The molecule has 0 radical (unpaired) electrons. The number of H-pyrrole nitrogens is 1. The number of carbonyl (C=O) groups excluding carboxylic acids is 2. The van der Waals surface area contributed by atoms with Crippen LogP contribution >= 0.6 is 10.0 Å². The highest BCUT2D eigenvalue weighted by Gasteiger charge is 2.51. The van der Waals surface area contributed by atoms with Gasteiger partial charge in [-0.05, 0) is 63.9 Å². The van der Waals surface area contributed by atoms with Crippen LogP contribution in [-0.4, -0.2) is 57.0 Å². The normalized spacial score (nSPS) is 19.5. The first kappa shape index (κ1) is 25.8. The average Bonchev–Trinajstić information content (AvgIpc) is 3.27. The van der Waals surface area contributed by atoms with Gasteiger partial charge in [-0.1, -0.05) is 43.7 Å². The molecule has 1 aliphatic carbocycles. The van der Waals surface area contributed by atoms with E-state index in [2.05, 4.69) is 41.2 Å². The van der Waals surface area contributed by atoms with E-state index in [0.717, 1.165) is 48.9 Å². The molecule has 192 valence electrons. The van der Waals surface area contributed by atoms with Gasteiger partial charge in [-0.15, -0.1) is 0 Å². The number of aromatic nitrogens is 2. The third-order valence-corrected chi connectivity index (χ3v) is 10.8. The van der Waals surface area contributed by atoms with Crippen LogP contribution in [0.4, 0.5) is 5.82 Å². The van der Waals surface area contributed by atoms with E-state index >= 15 is 0 Å². The van der Waals surface area contributed by atoms with Crippen molar-refractivity contribution in [3.05, 3.63) is 47.2 Å². The molecule has 1 aromatic carbocycles. The van der Waals surface area contributed by atoms with Crippen molar-refractivity contribution in [2.24, 2.45) is 0 Å². The molecule has 2 amide bonds. The minimum Gasteiger partial charge on any atom is -0.364 e. The highest BCUT2D eigenvalue weighted by Crippen LogP contribution is 2.60. The first-order valence-corrected chi connectivity index (χ1v) is 15.4. The summed E-state index contributed by atoms with van der Waals surface area (Å²) >= 11 is 0. The molecular formula is C27H40N4O3S. The monoisotopic (exact) mass is 500 g/mol. The summed E-state index contributed by atoms with van der Waals surface area (Å²) in [5, 5.41) is 10.7. The molecule has 7 nitrogen and oxygen atoms in total. The van der Waals surface area contributed by atoms with E-state index in [1.807, 2.05) is 49.1 Å². The van der Waals surface area contributed by atoms with Gasteiger partial charge >= 0.3 is 0 Å². The molecule has 1 aromatic heterocycles. The number of carbonyl (C=O) groups is 2. The molecule has 1 fully saturated rings. The Balaban J connectivity index is 1.58. The van der Waals surface area contributed by atoms with Crippen LogP contribution < -0.4 is 5.32 Å². The minimum atomic E-state index is -1.08. The van der Waals surface area contributed by atoms with Crippen LogP contribution in [0.1, 0.15) is 75.8 Å². The number of amides is 2. The molecule has 0 bridgehead atoms. The van der Waals surface area contributed by atoms with Crippen molar-refractivity contribution in [1.82, 2.24) is 15.1 Å². The largest absolute Gasteiger partial charge is 0.364 e. The van der Waals surface area contributed by atoms with Gasteiger partial charge < -0.3 is 15.0 Å². The molecule has 35 heavy (non-hydrogen) atoms. The molecule has 1 aliphatic heterocycles. The summed E-state index contributed by atoms with van der Waals surface area (Å²) in [5.41, 5.74) is 2.00. The molecule has 2 aromatic rings. The van der Waals surface area contributed by atoms with Crippen LogP contribution in [0, 0.1) is 0 Å². The lowest BCUT2D eigenvalue weighted by Gasteiger charge is -2.53. The second-order valence-corrected chi connectivity index (χ2v) is 15.5. The van der Waals surface area contributed by atoms with Gasteiger partial charge in [-0.3, -0.25) is 14.7 Å². The van der Waals surface area contributed by atoms with Gasteiger partial charge in [0.2, 0.25) is 5.91 Å². The highest BCUT2D eigenvalue weighted by atomic mass is 32.3. The van der Waals surface area contributed by atoms with E-state index in [9.17, 15) is 9.59 Å². The summed E-state index contributed by atoms with van der Waals surface area (Å²) in [6.07, 6.45) is 10.8. The number of fused-ring (bicyclic) bond motifs is 1. The Bertz CT molecular complexity index is 1070. The summed E-state index contributed by atoms with van der Waals surface area (Å²) in [6.45, 7) is 7.05. The van der Waals surface area contributed by atoms with Gasteiger partial charge in [0.25, 0.3) is 5.91 Å². The van der Waals surface area contributed by atoms with Crippen molar-refractivity contribution in [2.45, 2.75) is 75.8 Å². The zero-order valence-electron chi connectivity index (χ0n) is 21.9. The van der Waals surface area contributed by atoms with E-state index < -0.39 is 21.7 Å². The van der Waals surface area contributed by atoms with Crippen LogP contribution in [0.15, 0.2) is 30.3 Å². The molecule has 0 unspecified atom stereocenters. The maximum atomic E-state index is 13.9. The Labute approximate surface area is 210 Å². The quantitative estimate of drug-likeness (QED) is 0.469. The number of nitrogens with zero attached hydrogens (tertiary/aromatic N) is 2. The van der Waals surface area contributed by atoms with E-state index in [1.54, 1.807) is 0 Å². The number of hydrogen-bond acceptors (Lipinski definition) is 4. The Hall–Kier alpha value is -2.32. The second kappa shape index (κ2) is 9.62. The molecule has 4 rings (SSSR count). The molecule has 2 heterocycles. The van der Waals surface area contributed by atoms with Crippen molar-refractivity contribution in [1.29, 1.82) is 0 Å². The van der Waals surface area contributed by atoms with Crippen molar-refractivity contribution in [2.75, 3.05) is 30.7 Å². The summed E-state index contributed by atoms with van der Waals surface area (Å²) < 4.78 is 5.83. The first-order valence-electron chi connectivity index (χ1n) is 12.6. The van der Waals surface area contributed by atoms with Gasteiger partial charge in [0.05, 0.1) is 22.5 Å². The van der Waals surface area contributed by atoms with Crippen molar-refractivity contribution in [3.63, 3.8) is 0 Å². The summed E-state index contributed by atoms with van der Waals surface area (Å²) in [5.74, 6) is 0.536. The van der Waals surface area contributed by atoms with Gasteiger partial charge in [0.15, 0.2) is 11.9 Å². The van der Waals surface area contributed by atoms with Crippen LogP contribution in [0.5, 0.6) is 0 Å². The Morgan fingerprint density at radius 3 is 2.46 bits per heavy atom. The number of unbranched alkanes of at least 4 members (excludes halogenated alkanes) is 1. The highest BCUT2D eigenvalue weighted by molar-refractivity contribution is 8.33. The standard InChI is InChI=1S/C27H40N4O3S/c1-7-8-17-34-21(19-13-10-9-11-14-19)24(32)31-18-20-22(26(31,2)3)29-30-23(20)28-25(33)27(15-12-16-27)35(4,5)6/h9-11,13-14,21H,7-8,12,15-18H2,1-6H3,(H2,28,29,30,33)/t21-/m1/s1. The SMILES string of the molecule is CCCCO[C@@H](C(=O)N1Cc2c(NC(=O)C3(S(C)(C)C)CCC3)n[nH]c2C1(C)C)c1ccccc1. The predicted molar refractivity (Wildman–Crippen MR) is 143 cm³/mol. The van der Waals surface area contributed by atoms with Gasteiger partial charge in [0, 0.05) is 12.2 Å². The smallest absolute Gasteiger partial charge is 0.257 e. The molecule has 0 spiro atoms. The molecule has 8 heteroatoms. The number of rotatable bonds is 9. The first-order chi connectivity index (χ1) is 16.5. The minimum absolute atomic E-state index is 0.0631. The third kappa shape index (κ3) is 4.51. The van der Waals surface area contributed by atoms with E-state index in [4.69, 9.17) is 4.74 Å². The zero-order valence-corrected chi connectivity index (χ0v) is 22.8. The molecular weight excluding hydrogens is 460 g/mol. The Morgan fingerprint density at radius 2 is 1.89 bits per heavy atom. The van der Waals surface area contributed by atoms with E-state index in [0.29, 0.717) is 19.0 Å².